The van der Waals surface area contributed by atoms with E-state index in [-0.39, 0.29) is 12.4 Å². The standard InChI is InChI=1S/C10H19N.ClH/c11-10-6-5-8-3-1-2-4-9(8)7-10;/h8-10H,1-7,11H2;1H. The fourth-order valence-electron chi connectivity index (χ4n) is 2.91. The maximum absolute atomic E-state index is 5.94. The highest BCUT2D eigenvalue weighted by atomic mass is 35.5. The first-order valence-electron chi connectivity index (χ1n) is 5.12. The maximum atomic E-state index is 5.94. The summed E-state index contributed by atoms with van der Waals surface area (Å²) in [4.78, 5) is 0. The molecule has 3 unspecified atom stereocenters. The molecule has 0 aliphatic heterocycles. The van der Waals surface area contributed by atoms with Crippen LogP contribution < -0.4 is 5.73 Å². The first kappa shape index (κ1) is 10.3. The zero-order valence-electron chi connectivity index (χ0n) is 7.67. The Bertz CT molecular complexity index is 138. The SMILES string of the molecule is Cl.NC1CCC2CCCCC2C1. The van der Waals surface area contributed by atoms with Crippen molar-refractivity contribution in [2.45, 2.75) is 51.0 Å². The largest absolute Gasteiger partial charge is 0.328 e. The Morgan fingerprint density at radius 3 is 2.25 bits per heavy atom. The number of rotatable bonds is 0. The van der Waals surface area contributed by atoms with Crippen molar-refractivity contribution in [3.05, 3.63) is 0 Å². The van der Waals surface area contributed by atoms with E-state index < -0.39 is 0 Å². The highest BCUT2D eigenvalue weighted by Gasteiger charge is 2.30. The summed E-state index contributed by atoms with van der Waals surface area (Å²) >= 11 is 0. The molecule has 2 saturated carbocycles. The summed E-state index contributed by atoms with van der Waals surface area (Å²) < 4.78 is 0. The van der Waals surface area contributed by atoms with Gasteiger partial charge in [-0.1, -0.05) is 25.7 Å². The van der Waals surface area contributed by atoms with Crippen LogP contribution in [0.1, 0.15) is 44.9 Å². The van der Waals surface area contributed by atoms with Crippen molar-refractivity contribution in [3.8, 4) is 0 Å². The summed E-state index contributed by atoms with van der Waals surface area (Å²) in [6.07, 6.45) is 9.96. The molecule has 0 aromatic rings. The molecule has 0 bridgehead atoms. The van der Waals surface area contributed by atoms with Crippen molar-refractivity contribution in [3.63, 3.8) is 0 Å². The molecule has 2 aliphatic rings. The summed E-state index contributed by atoms with van der Waals surface area (Å²) in [6, 6.07) is 0.536. The van der Waals surface area contributed by atoms with Gasteiger partial charge in [-0.2, -0.15) is 0 Å². The maximum Gasteiger partial charge on any atom is 0.00416 e. The van der Waals surface area contributed by atoms with E-state index in [1.165, 1.54) is 44.9 Å². The van der Waals surface area contributed by atoms with Gasteiger partial charge < -0.3 is 5.73 Å². The van der Waals surface area contributed by atoms with Gasteiger partial charge in [0.15, 0.2) is 0 Å². The van der Waals surface area contributed by atoms with Gasteiger partial charge in [-0.3, -0.25) is 0 Å². The van der Waals surface area contributed by atoms with Crippen LogP contribution in [0, 0.1) is 11.8 Å². The summed E-state index contributed by atoms with van der Waals surface area (Å²) in [7, 11) is 0. The molecule has 2 aliphatic carbocycles. The van der Waals surface area contributed by atoms with Gasteiger partial charge in [-0.15, -0.1) is 12.4 Å². The van der Waals surface area contributed by atoms with E-state index >= 15 is 0 Å². The lowest BCUT2D eigenvalue weighted by atomic mass is 9.70. The molecule has 2 rings (SSSR count). The van der Waals surface area contributed by atoms with E-state index in [1.54, 1.807) is 0 Å². The van der Waals surface area contributed by atoms with Gasteiger partial charge in [0.25, 0.3) is 0 Å². The van der Waals surface area contributed by atoms with E-state index in [4.69, 9.17) is 5.73 Å². The van der Waals surface area contributed by atoms with Gasteiger partial charge in [0.05, 0.1) is 0 Å². The molecule has 0 amide bonds. The van der Waals surface area contributed by atoms with Gasteiger partial charge in [0.1, 0.15) is 0 Å². The van der Waals surface area contributed by atoms with Crippen LogP contribution in [-0.4, -0.2) is 6.04 Å². The van der Waals surface area contributed by atoms with Gasteiger partial charge in [0.2, 0.25) is 0 Å². The number of hydrogen-bond acceptors (Lipinski definition) is 1. The number of halogens is 1. The van der Waals surface area contributed by atoms with Crippen LogP contribution in [-0.2, 0) is 0 Å². The molecule has 3 atom stereocenters. The summed E-state index contributed by atoms with van der Waals surface area (Å²) in [5.74, 6) is 2.07. The topological polar surface area (TPSA) is 26.0 Å². The normalized spacial score (nSPS) is 41.2. The smallest absolute Gasteiger partial charge is 0.00416 e. The molecule has 72 valence electrons. The van der Waals surface area contributed by atoms with Crippen LogP contribution in [0.5, 0.6) is 0 Å². The Morgan fingerprint density at radius 1 is 0.833 bits per heavy atom. The Hall–Kier alpha value is 0.250. The highest BCUT2D eigenvalue weighted by molar-refractivity contribution is 5.85. The van der Waals surface area contributed by atoms with Gasteiger partial charge in [-0.05, 0) is 31.1 Å². The molecule has 0 spiro atoms. The van der Waals surface area contributed by atoms with Crippen LogP contribution in [0.2, 0.25) is 0 Å². The quantitative estimate of drug-likeness (QED) is 0.623. The van der Waals surface area contributed by atoms with E-state index in [0.717, 1.165) is 11.8 Å². The summed E-state index contributed by atoms with van der Waals surface area (Å²) in [5, 5.41) is 0. The molecule has 0 aromatic carbocycles. The average Bonchev–Trinajstić information content (AvgIpc) is 2.04. The van der Waals surface area contributed by atoms with Crippen molar-refractivity contribution >= 4 is 12.4 Å². The van der Waals surface area contributed by atoms with E-state index in [1.807, 2.05) is 0 Å². The van der Waals surface area contributed by atoms with Crippen LogP contribution in [0.4, 0.5) is 0 Å². The molecular formula is C10H20ClN. The zero-order valence-corrected chi connectivity index (χ0v) is 8.48. The molecule has 1 nitrogen and oxygen atoms in total. The van der Waals surface area contributed by atoms with Crippen molar-refractivity contribution in [1.82, 2.24) is 0 Å². The van der Waals surface area contributed by atoms with Crippen molar-refractivity contribution < 1.29 is 0 Å². The molecule has 2 N–H and O–H groups in total. The van der Waals surface area contributed by atoms with E-state index in [0.29, 0.717) is 6.04 Å². The molecular weight excluding hydrogens is 170 g/mol. The minimum absolute atomic E-state index is 0. The molecule has 0 saturated heterocycles. The molecule has 2 heteroatoms. The Balaban J connectivity index is 0.000000720. The predicted octanol–water partition coefficient (Wildman–Crippen LogP) is 2.73. The fraction of sp³-hybridized carbons (Fsp3) is 1.00. The minimum Gasteiger partial charge on any atom is -0.328 e. The summed E-state index contributed by atoms with van der Waals surface area (Å²) in [5.41, 5.74) is 5.94. The van der Waals surface area contributed by atoms with E-state index in [9.17, 15) is 0 Å². The Kier molecular flexibility index (Phi) is 3.85. The zero-order chi connectivity index (χ0) is 7.68. The molecule has 2 fully saturated rings. The third-order valence-electron chi connectivity index (χ3n) is 3.58. The van der Waals surface area contributed by atoms with Crippen molar-refractivity contribution in [1.29, 1.82) is 0 Å². The van der Waals surface area contributed by atoms with Gasteiger partial charge >= 0.3 is 0 Å². The Morgan fingerprint density at radius 2 is 1.50 bits per heavy atom. The Labute approximate surface area is 81.5 Å². The molecule has 0 heterocycles. The van der Waals surface area contributed by atoms with Crippen molar-refractivity contribution in [2.75, 3.05) is 0 Å². The second-order valence-electron chi connectivity index (χ2n) is 4.38. The third-order valence-corrected chi connectivity index (χ3v) is 3.58. The fourth-order valence-corrected chi connectivity index (χ4v) is 2.91. The minimum atomic E-state index is 0. The van der Waals surface area contributed by atoms with Crippen LogP contribution in [0.25, 0.3) is 0 Å². The lowest BCUT2D eigenvalue weighted by molar-refractivity contribution is 0.157. The lowest BCUT2D eigenvalue weighted by Gasteiger charge is -2.38. The molecule has 0 radical (unpaired) electrons. The first-order chi connectivity index (χ1) is 5.36. The predicted molar refractivity (Wildman–Crippen MR) is 54.5 cm³/mol. The van der Waals surface area contributed by atoms with Gasteiger partial charge in [-0.25, -0.2) is 0 Å². The van der Waals surface area contributed by atoms with Crippen LogP contribution in [0.3, 0.4) is 0 Å². The second-order valence-corrected chi connectivity index (χ2v) is 4.38. The second kappa shape index (κ2) is 4.48. The highest BCUT2D eigenvalue weighted by Crippen LogP contribution is 2.39. The van der Waals surface area contributed by atoms with Gasteiger partial charge in [0, 0.05) is 6.04 Å². The summed E-state index contributed by atoms with van der Waals surface area (Å²) in [6.45, 7) is 0. The van der Waals surface area contributed by atoms with Crippen LogP contribution in [0.15, 0.2) is 0 Å². The third kappa shape index (κ3) is 2.14. The number of fused-ring (bicyclic) bond motifs is 1. The van der Waals surface area contributed by atoms with E-state index in [2.05, 4.69) is 0 Å². The lowest BCUT2D eigenvalue weighted by Crippen LogP contribution is -2.34. The number of nitrogens with two attached hydrogens (primary N) is 1. The average molecular weight is 190 g/mol. The van der Waals surface area contributed by atoms with Crippen molar-refractivity contribution in [2.24, 2.45) is 17.6 Å². The van der Waals surface area contributed by atoms with Crippen LogP contribution >= 0.6 is 12.4 Å². The number of hydrogen-bond donors (Lipinski definition) is 1. The first-order valence-corrected chi connectivity index (χ1v) is 5.12. The monoisotopic (exact) mass is 189 g/mol. The molecule has 12 heavy (non-hydrogen) atoms. The molecule has 0 aromatic heterocycles.